The zero-order valence-corrected chi connectivity index (χ0v) is 25.0. The molecule has 224 valence electrons. The smallest absolute Gasteiger partial charge is 0.352 e. The monoisotopic (exact) mass is 660 g/mol. The van der Waals surface area contributed by atoms with Gasteiger partial charge in [-0.1, -0.05) is 17.7 Å². The molecule has 0 bridgehead atoms. The number of hydrogen-bond donors (Lipinski definition) is 4. The second kappa shape index (κ2) is 14.3. The summed E-state index contributed by atoms with van der Waals surface area (Å²) in [5.41, 5.74) is 1.53. The van der Waals surface area contributed by atoms with Crippen molar-refractivity contribution in [3.05, 3.63) is 76.4 Å². The number of pyridine rings is 1. The van der Waals surface area contributed by atoms with Crippen LogP contribution in [0.4, 0.5) is 30.4 Å². The second-order valence-corrected chi connectivity index (χ2v) is 10.5. The normalized spacial score (nSPS) is 13.5. The fraction of sp³-hybridized carbons (Fsp3) is 0.259. The minimum Gasteiger partial charge on any atom is -0.352 e. The third kappa shape index (κ3) is 7.81. The van der Waals surface area contributed by atoms with Crippen LogP contribution in [0.5, 0.6) is 0 Å². The Morgan fingerprint density at radius 2 is 1.76 bits per heavy atom. The Bertz CT molecular complexity index is 1550. The van der Waals surface area contributed by atoms with Gasteiger partial charge >= 0.3 is 6.18 Å². The number of carbonyl (C=O) groups excluding carboxylic acids is 2. The molecule has 1 aliphatic heterocycles. The number of nitrogens with one attached hydrogen (secondary N) is 4. The molecular weight excluding hydrogens is 636 g/mol. The van der Waals surface area contributed by atoms with Crippen molar-refractivity contribution in [2.24, 2.45) is 5.92 Å². The number of nitrogens with zero attached hydrogens (tertiary/aromatic N) is 2. The highest BCUT2D eigenvalue weighted by Gasteiger charge is 2.30. The summed E-state index contributed by atoms with van der Waals surface area (Å²) < 4.78 is 43.5. The molecule has 3 heterocycles. The molecule has 0 aliphatic carbocycles. The van der Waals surface area contributed by atoms with E-state index < -0.39 is 17.6 Å². The lowest BCUT2D eigenvalue weighted by Crippen LogP contribution is -2.37. The molecule has 0 atom stereocenters. The van der Waals surface area contributed by atoms with Crippen LogP contribution in [0.1, 0.15) is 34.3 Å². The van der Waals surface area contributed by atoms with Crippen molar-refractivity contribution in [3.63, 3.8) is 0 Å². The van der Waals surface area contributed by atoms with Crippen molar-refractivity contribution in [2.75, 3.05) is 23.7 Å². The molecule has 1 saturated heterocycles. The van der Waals surface area contributed by atoms with Crippen LogP contribution in [0.3, 0.4) is 0 Å². The number of amides is 2. The van der Waals surface area contributed by atoms with Gasteiger partial charge in [-0.05, 0) is 85.5 Å². The van der Waals surface area contributed by atoms with Crippen molar-refractivity contribution in [3.8, 4) is 0 Å². The Hall–Kier alpha value is -3.16. The summed E-state index contributed by atoms with van der Waals surface area (Å²) in [4.78, 5) is 30.0. The van der Waals surface area contributed by atoms with E-state index in [0.29, 0.717) is 27.4 Å². The molecule has 2 aromatic carbocycles. The van der Waals surface area contributed by atoms with Crippen LogP contribution in [-0.2, 0) is 17.5 Å². The molecule has 2 aromatic heterocycles. The number of benzene rings is 2. The van der Waals surface area contributed by atoms with Gasteiger partial charge in [0.1, 0.15) is 5.52 Å². The van der Waals surface area contributed by atoms with Crippen LogP contribution < -0.4 is 21.3 Å². The first-order valence-electron chi connectivity index (χ1n) is 12.5. The number of fused-ring (bicyclic) bond motifs is 1. The fourth-order valence-electron chi connectivity index (χ4n) is 4.37. The van der Waals surface area contributed by atoms with Gasteiger partial charge in [-0.25, -0.2) is 0 Å². The van der Waals surface area contributed by atoms with Crippen molar-refractivity contribution in [1.29, 1.82) is 0 Å². The molecule has 1 fully saturated rings. The number of halogens is 6. The van der Waals surface area contributed by atoms with Crippen molar-refractivity contribution < 1.29 is 22.8 Å². The number of rotatable bonds is 7. The average molecular weight is 662 g/mol. The van der Waals surface area contributed by atoms with Crippen molar-refractivity contribution >= 4 is 87.2 Å². The van der Waals surface area contributed by atoms with Crippen LogP contribution in [0, 0.1) is 5.92 Å². The number of aromatic nitrogens is 2. The molecular formula is C27H26Cl3F3N6O2S. The molecule has 0 saturated carbocycles. The van der Waals surface area contributed by atoms with Crippen LogP contribution >= 0.6 is 47.9 Å². The van der Waals surface area contributed by atoms with Crippen LogP contribution in [0.2, 0.25) is 5.02 Å². The number of carbonyl (C=O) groups is 2. The van der Waals surface area contributed by atoms with Crippen molar-refractivity contribution in [2.45, 2.75) is 25.6 Å². The quantitative estimate of drug-likeness (QED) is 0.173. The number of hydrogen-bond acceptors (Lipinski definition) is 7. The number of piperidine rings is 1. The van der Waals surface area contributed by atoms with Gasteiger partial charge in [-0.2, -0.15) is 17.5 Å². The second-order valence-electron chi connectivity index (χ2n) is 9.28. The van der Waals surface area contributed by atoms with Gasteiger partial charge in [0.05, 0.1) is 26.5 Å². The average Bonchev–Trinajstić information content (AvgIpc) is 3.36. The molecule has 5 rings (SSSR count). The summed E-state index contributed by atoms with van der Waals surface area (Å²) in [6.45, 7) is 1.91. The topological polar surface area (TPSA) is 108 Å². The predicted octanol–water partition coefficient (Wildman–Crippen LogP) is 6.82. The zero-order chi connectivity index (χ0) is 28.3. The van der Waals surface area contributed by atoms with Crippen molar-refractivity contribution in [1.82, 2.24) is 20.0 Å². The summed E-state index contributed by atoms with van der Waals surface area (Å²) in [7, 11) is 0. The molecule has 0 spiro atoms. The molecule has 0 radical (unpaired) electrons. The van der Waals surface area contributed by atoms with Gasteiger partial charge in [-0.15, -0.1) is 24.8 Å². The van der Waals surface area contributed by atoms with E-state index in [-0.39, 0.29) is 53.8 Å². The Morgan fingerprint density at radius 1 is 1.05 bits per heavy atom. The predicted molar refractivity (Wildman–Crippen MR) is 163 cm³/mol. The Kier molecular flexibility index (Phi) is 11.4. The highest BCUT2D eigenvalue weighted by molar-refractivity contribution is 7.14. The van der Waals surface area contributed by atoms with E-state index in [1.165, 1.54) is 18.3 Å². The van der Waals surface area contributed by atoms with Crippen LogP contribution in [0.15, 0.2) is 54.7 Å². The van der Waals surface area contributed by atoms with E-state index in [9.17, 15) is 22.8 Å². The fourth-order valence-corrected chi connectivity index (χ4v) is 5.34. The summed E-state index contributed by atoms with van der Waals surface area (Å²) in [5.74, 6) is -0.133. The molecule has 42 heavy (non-hydrogen) atoms. The first-order valence-corrected chi connectivity index (χ1v) is 13.6. The van der Waals surface area contributed by atoms with Gasteiger partial charge in [-0.3, -0.25) is 14.6 Å². The third-order valence-corrected chi connectivity index (χ3v) is 7.73. The Balaban J connectivity index is 0.00000242. The van der Waals surface area contributed by atoms with Crippen LogP contribution in [0.25, 0.3) is 10.2 Å². The maximum Gasteiger partial charge on any atom is 0.416 e. The van der Waals surface area contributed by atoms with E-state index in [0.717, 1.165) is 55.2 Å². The molecule has 8 nitrogen and oxygen atoms in total. The van der Waals surface area contributed by atoms with E-state index >= 15 is 0 Å². The van der Waals surface area contributed by atoms with Gasteiger partial charge in [0.25, 0.3) is 5.91 Å². The molecule has 0 unspecified atom stereocenters. The first kappa shape index (κ1) is 33.3. The van der Waals surface area contributed by atoms with E-state index in [1.807, 2.05) is 0 Å². The molecule has 2 amide bonds. The lowest BCUT2D eigenvalue weighted by Gasteiger charge is -2.21. The third-order valence-electron chi connectivity index (χ3n) is 6.53. The van der Waals surface area contributed by atoms with Crippen LogP contribution in [-0.4, -0.2) is 34.3 Å². The van der Waals surface area contributed by atoms with E-state index in [2.05, 4.69) is 30.6 Å². The molecule has 4 aromatic rings. The maximum atomic E-state index is 13.2. The summed E-state index contributed by atoms with van der Waals surface area (Å²) in [6.07, 6.45) is -1.35. The number of anilines is 3. The maximum absolute atomic E-state index is 13.2. The minimum atomic E-state index is -4.43. The van der Waals surface area contributed by atoms with Gasteiger partial charge in [0.15, 0.2) is 5.82 Å². The lowest BCUT2D eigenvalue weighted by atomic mass is 9.97. The highest BCUT2D eigenvalue weighted by atomic mass is 35.5. The number of alkyl halides is 3. The largest absolute Gasteiger partial charge is 0.416 e. The molecule has 15 heteroatoms. The summed E-state index contributed by atoms with van der Waals surface area (Å²) in [5, 5.41) is 12.3. The highest BCUT2D eigenvalue weighted by Crippen LogP contribution is 2.34. The van der Waals surface area contributed by atoms with Gasteiger partial charge < -0.3 is 21.3 Å². The Morgan fingerprint density at radius 3 is 2.45 bits per heavy atom. The molecule has 4 N–H and O–H groups in total. The standard InChI is InChI=1S/C27H24ClF3N6O2S.2ClH/c28-20-6-1-15(14-34-25(38)16-7-10-32-11-8-16)13-19(20)26(39)36-21-9-12-33-22-23(21)40-37-24(22)35-18-4-2-17(3-5-18)27(29,30)31;;/h1-6,9,12-13,16,32H,7-8,10-11,14H2,(H,34,38)(H,35,37)(H,33,36,39);2*1H. The van der Waals surface area contributed by atoms with E-state index in [4.69, 9.17) is 11.6 Å². The van der Waals surface area contributed by atoms with Gasteiger partial charge in [0.2, 0.25) is 5.91 Å². The minimum absolute atomic E-state index is 0. The summed E-state index contributed by atoms with van der Waals surface area (Å²) >= 11 is 7.42. The zero-order valence-electron chi connectivity index (χ0n) is 21.8. The SMILES string of the molecule is Cl.Cl.O=C(Nc1ccnc2c(Nc3ccc(C(F)(F)F)cc3)nsc12)c1cc(CNC(=O)C2CCNCC2)ccc1Cl. The summed E-state index contributed by atoms with van der Waals surface area (Å²) in [6, 6.07) is 11.2. The lowest BCUT2D eigenvalue weighted by molar-refractivity contribution is -0.137. The van der Waals surface area contributed by atoms with E-state index in [1.54, 1.807) is 24.3 Å². The first-order chi connectivity index (χ1) is 19.2. The van der Waals surface area contributed by atoms with Gasteiger partial charge in [0, 0.05) is 24.3 Å². The molecule has 1 aliphatic rings. The Labute approximate surface area is 260 Å².